The summed E-state index contributed by atoms with van der Waals surface area (Å²) in [5, 5.41) is 7.41. The average Bonchev–Trinajstić information content (AvgIpc) is 3.06. The molecular weight excluding hydrogens is 354 g/mol. The van der Waals surface area contributed by atoms with E-state index in [1.54, 1.807) is 28.9 Å². The number of carbonyl (C=O) groups excluding carboxylic acids is 2. The first-order chi connectivity index (χ1) is 13.5. The molecule has 3 rings (SSSR count). The SMILES string of the molecule is COC(=O)[C@@H](NC(=O)c1ccccc1)[C@H](c1ccccc1)n1nc(C)cc1C. The predicted molar refractivity (Wildman–Crippen MR) is 106 cm³/mol. The number of benzene rings is 2. The lowest BCUT2D eigenvalue weighted by molar-refractivity contribution is -0.143. The zero-order chi connectivity index (χ0) is 20.1. The van der Waals surface area contributed by atoms with E-state index < -0.39 is 18.1 Å². The molecule has 0 spiro atoms. The van der Waals surface area contributed by atoms with Crippen molar-refractivity contribution in [3.8, 4) is 0 Å². The molecule has 1 amide bonds. The van der Waals surface area contributed by atoms with Crippen LogP contribution in [-0.4, -0.2) is 34.8 Å². The fraction of sp³-hybridized carbons (Fsp3) is 0.227. The maximum atomic E-state index is 12.8. The molecule has 0 aliphatic heterocycles. The third kappa shape index (κ3) is 4.11. The molecule has 6 heteroatoms. The summed E-state index contributed by atoms with van der Waals surface area (Å²) in [5.74, 6) is -0.885. The Morgan fingerprint density at radius 2 is 1.61 bits per heavy atom. The normalized spacial score (nSPS) is 12.8. The number of carbonyl (C=O) groups is 2. The van der Waals surface area contributed by atoms with Gasteiger partial charge in [0.2, 0.25) is 0 Å². The first-order valence-corrected chi connectivity index (χ1v) is 9.02. The molecule has 28 heavy (non-hydrogen) atoms. The largest absolute Gasteiger partial charge is 0.467 e. The second-order valence-electron chi connectivity index (χ2n) is 6.57. The van der Waals surface area contributed by atoms with Gasteiger partial charge in [-0.2, -0.15) is 5.10 Å². The zero-order valence-electron chi connectivity index (χ0n) is 16.1. The van der Waals surface area contributed by atoms with Crippen molar-refractivity contribution in [3.05, 3.63) is 89.2 Å². The van der Waals surface area contributed by atoms with Crippen molar-refractivity contribution in [2.45, 2.75) is 25.9 Å². The van der Waals surface area contributed by atoms with Gasteiger partial charge >= 0.3 is 5.97 Å². The van der Waals surface area contributed by atoms with E-state index in [1.165, 1.54) is 7.11 Å². The Morgan fingerprint density at radius 1 is 1.00 bits per heavy atom. The highest BCUT2D eigenvalue weighted by Gasteiger charge is 2.35. The van der Waals surface area contributed by atoms with Crippen molar-refractivity contribution in [1.82, 2.24) is 15.1 Å². The second kappa shape index (κ2) is 8.52. The Hall–Kier alpha value is -3.41. The summed E-state index contributed by atoms with van der Waals surface area (Å²) in [7, 11) is 1.31. The minimum absolute atomic E-state index is 0.349. The number of nitrogens with zero attached hydrogens (tertiary/aromatic N) is 2. The molecule has 0 bridgehead atoms. The Bertz CT molecular complexity index is 952. The summed E-state index contributed by atoms with van der Waals surface area (Å²) in [5.41, 5.74) is 3.03. The highest BCUT2D eigenvalue weighted by Crippen LogP contribution is 2.25. The molecule has 0 fully saturated rings. The van der Waals surface area contributed by atoms with Crippen LogP contribution in [0.25, 0.3) is 0 Å². The standard InChI is InChI=1S/C22H23N3O3/c1-15-14-16(2)25(24-15)20(17-10-6-4-7-11-17)19(22(27)28-3)23-21(26)18-12-8-5-9-13-18/h4-14,19-20H,1-3H3,(H,23,26)/t19-,20-/m0/s1. The van der Waals surface area contributed by atoms with Crippen molar-refractivity contribution < 1.29 is 14.3 Å². The van der Waals surface area contributed by atoms with Gasteiger partial charge in [0.05, 0.1) is 12.8 Å². The van der Waals surface area contributed by atoms with Crippen LogP contribution in [0.5, 0.6) is 0 Å². The number of hydrogen-bond acceptors (Lipinski definition) is 4. The highest BCUT2D eigenvalue weighted by molar-refractivity contribution is 5.97. The summed E-state index contributed by atoms with van der Waals surface area (Å²) < 4.78 is 6.79. The number of aryl methyl sites for hydroxylation is 2. The molecule has 1 aromatic heterocycles. The van der Waals surface area contributed by atoms with E-state index in [-0.39, 0.29) is 5.91 Å². The average molecular weight is 377 g/mol. The van der Waals surface area contributed by atoms with Crippen LogP contribution in [0.4, 0.5) is 0 Å². The molecule has 3 aromatic rings. The monoisotopic (exact) mass is 377 g/mol. The van der Waals surface area contributed by atoms with Gasteiger partial charge in [-0.15, -0.1) is 0 Å². The van der Waals surface area contributed by atoms with Gasteiger partial charge in [-0.3, -0.25) is 9.48 Å². The summed E-state index contributed by atoms with van der Waals surface area (Å²) in [6.07, 6.45) is 0. The summed E-state index contributed by atoms with van der Waals surface area (Å²) >= 11 is 0. The summed E-state index contributed by atoms with van der Waals surface area (Å²) in [6.45, 7) is 3.81. The van der Waals surface area contributed by atoms with Crippen molar-refractivity contribution in [2.24, 2.45) is 0 Å². The molecular formula is C22H23N3O3. The first-order valence-electron chi connectivity index (χ1n) is 9.02. The second-order valence-corrected chi connectivity index (χ2v) is 6.57. The van der Waals surface area contributed by atoms with E-state index in [0.717, 1.165) is 17.0 Å². The van der Waals surface area contributed by atoms with Crippen LogP contribution in [0.2, 0.25) is 0 Å². The maximum Gasteiger partial charge on any atom is 0.331 e. The van der Waals surface area contributed by atoms with E-state index in [0.29, 0.717) is 5.56 Å². The number of esters is 1. The van der Waals surface area contributed by atoms with E-state index >= 15 is 0 Å². The zero-order valence-corrected chi connectivity index (χ0v) is 16.1. The number of aromatic nitrogens is 2. The molecule has 144 valence electrons. The van der Waals surface area contributed by atoms with Gasteiger partial charge in [0, 0.05) is 11.3 Å². The van der Waals surface area contributed by atoms with Crippen LogP contribution in [0.15, 0.2) is 66.7 Å². The third-order valence-corrected chi connectivity index (χ3v) is 4.54. The highest BCUT2D eigenvalue weighted by atomic mass is 16.5. The van der Waals surface area contributed by atoms with E-state index in [4.69, 9.17) is 4.74 Å². The first kappa shape index (κ1) is 19.4. The lowest BCUT2D eigenvalue weighted by Gasteiger charge is -2.28. The van der Waals surface area contributed by atoms with Gasteiger partial charge in [-0.05, 0) is 37.6 Å². The van der Waals surface area contributed by atoms with Gasteiger partial charge < -0.3 is 10.1 Å². The Balaban J connectivity index is 2.06. The van der Waals surface area contributed by atoms with Crippen LogP contribution < -0.4 is 5.32 Å². The lowest BCUT2D eigenvalue weighted by Crippen LogP contribution is -2.48. The van der Waals surface area contributed by atoms with Gasteiger partial charge in [0.1, 0.15) is 6.04 Å². The van der Waals surface area contributed by atoms with Crippen LogP contribution in [0, 0.1) is 13.8 Å². The fourth-order valence-corrected chi connectivity index (χ4v) is 3.26. The number of amides is 1. The van der Waals surface area contributed by atoms with E-state index in [9.17, 15) is 9.59 Å². The number of ether oxygens (including phenoxy) is 1. The third-order valence-electron chi connectivity index (χ3n) is 4.54. The molecule has 1 heterocycles. The molecule has 0 aliphatic rings. The molecule has 0 radical (unpaired) electrons. The molecule has 0 saturated heterocycles. The minimum Gasteiger partial charge on any atom is -0.467 e. The van der Waals surface area contributed by atoms with Gasteiger partial charge in [-0.25, -0.2) is 4.79 Å². The van der Waals surface area contributed by atoms with Gasteiger partial charge in [0.25, 0.3) is 5.91 Å². The molecule has 2 atom stereocenters. The number of hydrogen-bond donors (Lipinski definition) is 1. The number of methoxy groups -OCH3 is 1. The Morgan fingerprint density at radius 3 is 2.14 bits per heavy atom. The molecule has 0 aliphatic carbocycles. The summed E-state index contributed by atoms with van der Waals surface area (Å²) in [6, 6.07) is 18.7. The van der Waals surface area contributed by atoms with E-state index in [2.05, 4.69) is 10.4 Å². The lowest BCUT2D eigenvalue weighted by atomic mass is 9.98. The van der Waals surface area contributed by atoms with Crippen molar-refractivity contribution >= 4 is 11.9 Å². The summed E-state index contributed by atoms with van der Waals surface area (Å²) in [4.78, 5) is 25.5. The maximum absolute atomic E-state index is 12.8. The molecule has 6 nitrogen and oxygen atoms in total. The van der Waals surface area contributed by atoms with Crippen molar-refractivity contribution in [1.29, 1.82) is 0 Å². The van der Waals surface area contributed by atoms with Crippen LogP contribution in [0.1, 0.15) is 33.4 Å². The van der Waals surface area contributed by atoms with Crippen molar-refractivity contribution in [2.75, 3.05) is 7.11 Å². The predicted octanol–water partition coefficient (Wildman–Crippen LogP) is 3.06. The van der Waals surface area contributed by atoms with Crippen LogP contribution in [0.3, 0.4) is 0 Å². The quantitative estimate of drug-likeness (QED) is 0.670. The molecule has 0 unspecified atom stereocenters. The van der Waals surface area contributed by atoms with Gasteiger partial charge in [0.15, 0.2) is 6.04 Å². The number of nitrogens with one attached hydrogen (secondary N) is 1. The number of rotatable bonds is 6. The topological polar surface area (TPSA) is 73.2 Å². The Labute approximate surface area is 164 Å². The molecule has 0 saturated carbocycles. The smallest absolute Gasteiger partial charge is 0.331 e. The molecule has 1 N–H and O–H groups in total. The van der Waals surface area contributed by atoms with Crippen LogP contribution in [-0.2, 0) is 9.53 Å². The molecule has 2 aromatic carbocycles. The van der Waals surface area contributed by atoms with E-state index in [1.807, 2.05) is 56.3 Å². The minimum atomic E-state index is -0.946. The van der Waals surface area contributed by atoms with Gasteiger partial charge in [-0.1, -0.05) is 48.5 Å². The van der Waals surface area contributed by atoms with Crippen molar-refractivity contribution in [3.63, 3.8) is 0 Å². The Kier molecular flexibility index (Phi) is 5.89. The van der Waals surface area contributed by atoms with Crippen LogP contribution >= 0.6 is 0 Å². The fourth-order valence-electron chi connectivity index (χ4n) is 3.26.